The summed E-state index contributed by atoms with van der Waals surface area (Å²) in [6.07, 6.45) is 0. The summed E-state index contributed by atoms with van der Waals surface area (Å²) in [4.78, 5) is 1.14. The van der Waals surface area contributed by atoms with Crippen LogP contribution in [-0.4, -0.2) is 7.11 Å². The standard InChI is InChI=1S/C12H13FN2OS/c1-16-12-6-11(9(13)5-10(12)14)15-7-8-3-2-4-17-8/h2-6,15H,7,14H2,1H3. The van der Waals surface area contributed by atoms with Gasteiger partial charge in [-0.25, -0.2) is 4.39 Å². The smallest absolute Gasteiger partial charge is 0.148 e. The van der Waals surface area contributed by atoms with E-state index in [0.717, 1.165) is 4.88 Å². The number of rotatable bonds is 4. The summed E-state index contributed by atoms with van der Waals surface area (Å²) >= 11 is 1.62. The van der Waals surface area contributed by atoms with E-state index in [1.807, 2.05) is 17.5 Å². The molecule has 0 aliphatic heterocycles. The molecule has 1 aromatic carbocycles. The summed E-state index contributed by atoms with van der Waals surface area (Å²) in [5.41, 5.74) is 6.29. The number of halogens is 1. The van der Waals surface area contributed by atoms with Gasteiger partial charge in [0.25, 0.3) is 0 Å². The predicted octanol–water partition coefficient (Wildman–Crippen LogP) is 3.09. The molecule has 1 aromatic heterocycles. The molecule has 0 amide bonds. The number of thiophene rings is 1. The van der Waals surface area contributed by atoms with E-state index in [2.05, 4.69) is 5.32 Å². The van der Waals surface area contributed by atoms with Crippen LogP contribution in [0.15, 0.2) is 29.6 Å². The molecule has 0 unspecified atom stereocenters. The van der Waals surface area contributed by atoms with Crippen LogP contribution in [-0.2, 0) is 6.54 Å². The largest absolute Gasteiger partial charge is 0.495 e. The van der Waals surface area contributed by atoms with Crippen molar-refractivity contribution in [2.24, 2.45) is 0 Å². The van der Waals surface area contributed by atoms with E-state index < -0.39 is 0 Å². The van der Waals surface area contributed by atoms with Crippen molar-refractivity contribution in [2.45, 2.75) is 6.54 Å². The number of anilines is 2. The molecular formula is C12H13FN2OS. The highest BCUT2D eigenvalue weighted by atomic mass is 32.1. The summed E-state index contributed by atoms with van der Waals surface area (Å²) in [5, 5.41) is 5.00. The van der Waals surface area contributed by atoms with E-state index in [-0.39, 0.29) is 5.82 Å². The van der Waals surface area contributed by atoms with Gasteiger partial charge in [-0.1, -0.05) is 6.07 Å². The molecule has 5 heteroatoms. The van der Waals surface area contributed by atoms with Crippen molar-refractivity contribution in [1.29, 1.82) is 0 Å². The number of nitrogens with one attached hydrogen (secondary N) is 1. The molecule has 0 aliphatic carbocycles. The lowest BCUT2D eigenvalue weighted by atomic mass is 10.2. The second kappa shape index (κ2) is 5.05. The van der Waals surface area contributed by atoms with E-state index in [4.69, 9.17) is 10.5 Å². The van der Waals surface area contributed by atoms with Crippen molar-refractivity contribution < 1.29 is 9.13 Å². The Labute approximate surface area is 103 Å². The Balaban J connectivity index is 2.15. The van der Waals surface area contributed by atoms with Gasteiger partial charge in [0.05, 0.1) is 18.5 Å². The zero-order chi connectivity index (χ0) is 12.3. The van der Waals surface area contributed by atoms with Gasteiger partial charge in [-0.15, -0.1) is 11.3 Å². The van der Waals surface area contributed by atoms with Crippen molar-refractivity contribution in [3.8, 4) is 5.75 Å². The number of nitrogens with two attached hydrogens (primary N) is 1. The summed E-state index contributed by atoms with van der Waals surface area (Å²) in [6, 6.07) is 6.78. The monoisotopic (exact) mass is 252 g/mol. The first-order valence-corrected chi connectivity index (χ1v) is 5.98. The lowest BCUT2D eigenvalue weighted by molar-refractivity contribution is 0.416. The van der Waals surface area contributed by atoms with Crippen molar-refractivity contribution in [3.63, 3.8) is 0 Å². The zero-order valence-corrected chi connectivity index (χ0v) is 10.2. The lowest BCUT2D eigenvalue weighted by Crippen LogP contribution is -2.02. The Bertz CT molecular complexity index is 499. The average molecular weight is 252 g/mol. The molecule has 2 rings (SSSR count). The van der Waals surface area contributed by atoms with E-state index in [1.54, 1.807) is 17.4 Å². The van der Waals surface area contributed by atoms with E-state index in [0.29, 0.717) is 23.7 Å². The molecule has 3 nitrogen and oxygen atoms in total. The van der Waals surface area contributed by atoms with E-state index in [9.17, 15) is 4.39 Å². The van der Waals surface area contributed by atoms with Gasteiger partial charge < -0.3 is 15.8 Å². The van der Waals surface area contributed by atoms with Crippen LogP contribution < -0.4 is 15.8 Å². The van der Waals surface area contributed by atoms with E-state index >= 15 is 0 Å². The molecule has 0 bridgehead atoms. The van der Waals surface area contributed by atoms with Crippen LogP contribution >= 0.6 is 11.3 Å². The van der Waals surface area contributed by atoms with Gasteiger partial charge in [0, 0.05) is 23.6 Å². The fourth-order valence-corrected chi connectivity index (χ4v) is 2.12. The van der Waals surface area contributed by atoms with Crippen molar-refractivity contribution in [2.75, 3.05) is 18.2 Å². The number of benzene rings is 1. The second-order valence-electron chi connectivity index (χ2n) is 3.51. The number of hydrogen-bond donors (Lipinski definition) is 2. The van der Waals surface area contributed by atoms with Gasteiger partial charge in [0.2, 0.25) is 0 Å². The first-order valence-electron chi connectivity index (χ1n) is 5.10. The molecule has 3 N–H and O–H groups in total. The van der Waals surface area contributed by atoms with Gasteiger partial charge in [0.15, 0.2) is 0 Å². The number of methoxy groups -OCH3 is 1. The Kier molecular flexibility index (Phi) is 3.49. The van der Waals surface area contributed by atoms with Gasteiger partial charge in [0.1, 0.15) is 11.6 Å². The molecule has 0 aliphatic rings. The Morgan fingerprint density at radius 3 is 2.94 bits per heavy atom. The topological polar surface area (TPSA) is 47.3 Å². The molecule has 0 spiro atoms. The SMILES string of the molecule is COc1cc(NCc2cccs2)c(F)cc1N. The molecule has 90 valence electrons. The van der Waals surface area contributed by atoms with Crippen LogP contribution in [0.1, 0.15) is 4.88 Å². The van der Waals surface area contributed by atoms with Gasteiger partial charge in [-0.2, -0.15) is 0 Å². The highest BCUT2D eigenvalue weighted by Gasteiger charge is 2.08. The first-order chi connectivity index (χ1) is 8.20. The van der Waals surface area contributed by atoms with Crippen LogP contribution in [0.25, 0.3) is 0 Å². The molecule has 0 atom stereocenters. The Morgan fingerprint density at radius 2 is 2.29 bits per heavy atom. The highest BCUT2D eigenvalue weighted by Crippen LogP contribution is 2.28. The minimum absolute atomic E-state index is 0.298. The van der Waals surface area contributed by atoms with Gasteiger partial charge >= 0.3 is 0 Å². The van der Waals surface area contributed by atoms with Gasteiger partial charge in [-0.05, 0) is 11.4 Å². The van der Waals surface area contributed by atoms with Gasteiger partial charge in [-0.3, -0.25) is 0 Å². The van der Waals surface area contributed by atoms with Crippen molar-refractivity contribution >= 4 is 22.7 Å². The first kappa shape index (κ1) is 11.7. The second-order valence-corrected chi connectivity index (χ2v) is 4.54. The summed E-state index contributed by atoms with van der Waals surface area (Å²) in [6.45, 7) is 0.585. The third-order valence-corrected chi connectivity index (χ3v) is 3.23. The third kappa shape index (κ3) is 2.68. The van der Waals surface area contributed by atoms with Crippen LogP contribution in [0.2, 0.25) is 0 Å². The van der Waals surface area contributed by atoms with Crippen LogP contribution in [0.5, 0.6) is 5.75 Å². The minimum Gasteiger partial charge on any atom is -0.495 e. The molecule has 2 aromatic rings. The quantitative estimate of drug-likeness (QED) is 0.822. The molecule has 0 fully saturated rings. The van der Waals surface area contributed by atoms with Crippen LogP contribution in [0, 0.1) is 5.82 Å². The Hall–Kier alpha value is -1.75. The number of hydrogen-bond acceptors (Lipinski definition) is 4. The summed E-state index contributed by atoms with van der Waals surface area (Å²) < 4.78 is 18.6. The molecular weight excluding hydrogens is 239 g/mol. The lowest BCUT2D eigenvalue weighted by Gasteiger charge is -2.10. The predicted molar refractivity (Wildman–Crippen MR) is 69.0 cm³/mol. The van der Waals surface area contributed by atoms with E-state index in [1.165, 1.54) is 13.2 Å². The molecule has 0 saturated heterocycles. The molecule has 17 heavy (non-hydrogen) atoms. The van der Waals surface area contributed by atoms with Crippen molar-refractivity contribution in [1.82, 2.24) is 0 Å². The minimum atomic E-state index is -0.375. The fourth-order valence-electron chi connectivity index (χ4n) is 1.48. The number of ether oxygens (including phenoxy) is 1. The molecule has 1 heterocycles. The highest BCUT2D eigenvalue weighted by molar-refractivity contribution is 7.09. The third-order valence-electron chi connectivity index (χ3n) is 2.35. The maximum atomic E-state index is 13.6. The van der Waals surface area contributed by atoms with Crippen LogP contribution in [0.4, 0.5) is 15.8 Å². The van der Waals surface area contributed by atoms with Crippen LogP contribution in [0.3, 0.4) is 0 Å². The fraction of sp³-hybridized carbons (Fsp3) is 0.167. The maximum absolute atomic E-state index is 13.6. The summed E-state index contributed by atoms with van der Waals surface area (Å²) in [7, 11) is 1.51. The normalized spacial score (nSPS) is 10.2. The summed E-state index contributed by atoms with van der Waals surface area (Å²) in [5.74, 6) is 0.0972. The van der Waals surface area contributed by atoms with Crippen molar-refractivity contribution in [3.05, 3.63) is 40.3 Å². The molecule has 0 saturated carbocycles. The number of nitrogen functional groups attached to an aromatic ring is 1. The maximum Gasteiger partial charge on any atom is 0.148 e. The average Bonchev–Trinajstić information content (AvgIpc) is 2.81. The zero-order valence-electron chi connectivity index (χ0n) is 9.37. The molecule has 0 radical (unpaired) electrons. The Morgan fingerprint density at radius 1 is 1.47 bits per heavy atom.